The van der Waals surface area contributed by atoms with Crippen molar-refractivity contribution in [1.29, 1.82) is 0 Å². The number of allylic oxidation sites excluding steroid dienone is 1. The number of ether oxygens (including phenoxy) is 4. The van der Waals surface area contributed by atoms with E-state index in [4.69, 9.17) is 29.2 Å². The minimum absolute atomic E-state index is 0.0350. The molecule has 67 heavy (non-hydrogen) atoms. The van der Waals surface area contributed by atoms with Gasteiger partial charge in [0.05, 0.1) is 45.4 Å². The van der Waals surface area contributed by atoms with Gasteiger partial charge in [0, 0.05) is 45.3 Å². The van der Waals surface area contributed by atoms with Gasteiger partial charge in [-0.05, 0) is 39.2 Å². The highest BCUT2D eigenvalue weighted by Gasteiger charge is 2.25. The summed E-state index contributed by atoms with van der Waals surface area (Å²) in [4.78, 5) is 94.0. The normalized spacial score (nSPS) is 12.0. The molecule has 0 saturated heterocycles. The molecular formula is C45H82N6O16. The molecule has 5 amide bonds. The van der Waals surface area contributed by atoms with E-state index in [1.165, 1.54) is 58.4 Å². The molecule has 0 fully saturated rings. The molecule has 22 nitrogen and oxygen atoms in total. The van der Waals surface area contributed by atoms with Crippen molar-refractivity contribution in [2.24, 2.45) is 0 Å². The van der Waals surface area contributed by atoms with Crippen molar-refractivity contribution in [2.75, 3.05) is 79.5 Å². The largest absolute Gasteiger partial charge is 0.513 e. The Morgan fingerprint density at radius 3 is 1.22 bits per heavy atom. The van der Waals surface area contributed by atoms with Gasteiger partial charge < -0.3 is 71.3 Å². The topological polar surface area (TPSA) is 327 Å². The fourth-order valence-electron chi connectivity index (χ4n) is 5.79. The number of amides is 5. The molecule has 0 aromatic heterocycles. The van der Waals surface area contributed by atoms with E-state index >= 15 is 0 Å². The van der Waals surface area contributed by atoms with Crippen molar-refractivity contribution in [1.82, 2.24) is 31.9 Å². The smallest absolute Gasteiger partial charge is 0.326 e. The Morgan fingerprint density at radius 2 is 0.806 bits per heavy atom. The fourth-order valence-corrected chi connectivity index (χ4v) is 5.79. The maximum absolute atomic E-state index is 12.3. The summed E-state index contributed by atoms with van der Waals surface area (Å²) in [5.41, 5.74) is 0. The Bertz CT molecular complexity index is 1400. The number of aliphatic hydroxyl groups is 1. The number of aliphatic hydroxyl groups excluding tert-OH is 1. The van der Waals surface area contributed by atoms with Crippen molar-refractivity contribution in [3.05, 3.63) is 12.3 Å². The number of hydrogen-bond donors (Lipinski definition) is 10. The van der Waals surface area contributed by atoms with E-state index in [0.29, 0.717) is 12.3 Å². The van der Waals surface area contributed by atoms with Crippen LogP contribution in [0.4, 0.5) is 0 Å². The number of likely N-dealkylation sites (N-methyl/N-ethyl adjacent to an activating group) is 1. The third-order valence-electron chi connectivity index (χ3n) is 9.66. The molecule has 0 heterocycles. The Balaban J connectivity index is 0. The summed E-state index contributed by atoms with van der Waals surface area (Å²) in [5, 5.41) is 51.5. The van der Waals surface area contributed by atoms with E-state index in [2.05, 4.69) is 45.4 Å². The van der Waals surface area contributed by atoms with E-state index in [-0.39, 0.29) is 110 Å². The number of nitrogens with one attached hydrogen (secondary N) is 6. The number of rotatable bonds is 44. The molecule has 0 bridgehead atoms. The zero-order chi connectivity index (χ0) is 50.5. The number of aliphatic carboxylic acids is 3. The van der Waals surface area contributed by atoms with Crippen LogP contribution in [0.3, 0.4) is 0 Å². The maximum Gasteiger partial charge on any atom is 0.326 e. The van der Waals surface area contributed by atoms with Gasteiger partial charge in [0.2, 0.25) is 29.5 Å². The van der Waals surface area contributed by atoms with Gasteiger partial charge in [0.15, 0.2) is 0 Å². The summed E-state index contributed by atoms with van der Waals surface area (Å²) >= 11 is 0. The first-order chi connectivity index (χ1) is 32.1. The molecule has 0 aliphatic rings. The number of carboxylic acids is 3. The summed E-state index contributed by atoms with van der Waals surface area (Å²) in [5.74, 6) is -6.23. The maximum atomic E-state index is 12.3. The molecule has 0 aliphatic carbocycles. The van der Waals surface area contributed by atoms with Crippen LogP contribution in [-0.4, -0.2) is 166 Å². The number of hydrogen-bond acceptors (Lipinski definition) is 14. The van der Waals surface area contributed by atoms with E-state index in [0.717, 1.165) is 25.7 Å². The highest BCUT2D eigenvalue weighted by Crippen LogP contribution is 2.11. The summed E-state index contributed by atoms with van der Waals surface area (Å²) < 4.78 is 21.1. The van der Waals surface area contributed by atoms with Crippen molar-refractivity contribution >= 4 is 47.4 Å². The molecule has 0 radical (unpaired) electrons. The molecule has 0 saturated carbocycles. The van der Waals surface area contributed by atoms with Crippen LogP contribution in [-0.2, 0) is 57.3 Å². The Hall–Kier alpha value is -4.90. The lowest BCUT2D eigenvalue weighted by Crippen LogP contribution is -2.44. The highest BCUT2D eigenvalue weighted by atomic mass is 16.5. The standard InChI is InChI=1S/C32H56N6O15.C13H26O/c1-3-4-11-34-28(42)20-52-18-17-51-15-13-36-29(43)21-53-19-16-50-14-12-35-25(39)8-6-23(31(46)47)37-27(41)10-7-24(32(48)49)38-26(40)9-5-22(33-2)30(44)45;1-3-4-5-6-7-8-9-10-11-12-13(2)14/h22-24,33H,3-21H2,1-2H3,(H,34,42)(H,35,39)(H,36,43)(H,37,41)(H,38,40)(H,44,45)(H,46,47)(H,48,49);14H,2-12H2,1H3/t22-,23?,24-;/m0./s1. The van der Waals surface area contributed by atoms with Gasteiger partial charge in [-0.1, -0.05) is 78.2 Å². The molecule has 0 aromatic carbocycles. The average Bonchev–Trinajstić information content (AvgIpc) is 3.27. The van der Waals surface area contributed by atoms with Gasteiger partial charge in [0.1, 0.15) is 31.3 Å². The lowest BCUT2D eigenvalue weighted by Gasteiger charge is -2.17. The molecule has 0 rings (SSSR count). The summed E-state index contributed by atoms with van der Waals surface area (Å²) in [7, 11) is 1.40. The van der Waals surface area contributed by atoms with E-state index in [1.807, 2.05) is 6.92 Å². The zero-order valence-corrected chi connectivity index (χ0v) is 40.1. The van der Waals surface area contributed by atoms with Crippen LogP contribution >= 0.6 is 0 Å². The molecule has 1 unspecified atom stereocenters. The first-order valence-corrected chi connectivity index (χ1v) is 23.5. The number of unbranched alkanes of at least 4 members (excludes halogenated alkanes) is 9. The first kappa shape index (κ1) is 64.2. The number of carbonyl (C=O) groups excluding carboxylic acids is 5. The predicted octanol–water partition coefficient (Wildman–Crippen LogP) is 2.33. The van der Waals surface area contributed by atoms with Gasteiger partial charge in [-0.25, -0.2) is 9.59 Å². The van der Waals surface area contributed by atoms with Crippen LogP contribution in [0.25, 0.3) is 0 Å². The molecule has 22 heteroatoms. The van der Waals surface area contributed by atoms with Gasteiger partial charge in [-0.3, -0.25) is 28.8 Å². The van der Waals surface area contributed by atoms with Crippen LogP contribution in [0.5, 0.6) is 0 Å². The molecular weight excluding hydrogens is 881 g/mol. The quantitative estimate of drug-likeness (QED) is 0.0309. The Kier molecular flexibility index (Phi) is 43.0. The second-order valence-electron chi connectivity index (χ2n) is 15.6. The third-order valence-corrected chi connectivity index (χ3v) is 9.66. The van der Waals surface area contributed by atoms with E-state index < -0.39 is 60.2 Å². The highest BCUT2D eigenvalue weighted by molar-refractivity contribution is 5.86. The number of carboxylic acid groups (broad SMARTS) is 3. The van der Waals surface area contributed by atoms with Crippen LogP contribution in [0, 0.1) is 0 Å². The first-order valence-electron chi connectivity index (χ1n) is 23.5. The lowest BCUT2D eigenvalue weighted by atomic mass is 10.1. The molecule has 0 aliphatic heterocycles. The van der Waals surface area contributed by atoms with Crippen molar-refractivity contribution in [3.8, 4) is 0 Å². The molecule has 10 N–H and O–H groups in total. The molecule has 3 atom stereocenters. The minimum atomic E-state index is -1.47. The number of carbonyl (C=O) groups is 8. The van der Waals surface area contributed by atoms with Crippen molar-refractivity contribution < 1.29 is 77.7 Å². The summed E-state index contributed by atoms with van der Waals surface area (Å²) in [6.07, 6.45) is 13.0. The van der Waals surface area contributed by atoms with E-state index in [1.54, 1.807) is 0 Å². The van der Waals surface area contributed by atoms with Crippen LogP contribution in [0.1, 0.15) is 129 Å². The molecule has 388 valence electrons. The summed E-state index contributed by atoms with van der Waals surface area (Å²) in [6.45, 7) is 9.68. The lowest BCUT2D eigenvalue weighted by molar-refractivity contribution is -0.143. The van der Waals surface area contributed by atoms with Gasteiger partial charge in [-0.2, -0.15) is 0 Å². The predicted molar refractivity (Wildman–Crippen MR) is 248 cm³/mol. The van der Waals surface area contributed by atoms with Gasteiger partial charge >= 0.3 is 17.9 Å². The second-order valence-corrected chi connectivity index (χ2v) is 15.6. The summed E-state index contributed by atoms with van der Waals surface area (Å²) in [6, 6.07) is -3.90. The van der Waals surface area contributed by atoms with Crippen molar-refractivity contribution in [3.63, 3.8) is 0 Å². The van der Waals surface area contributed by atoms with E-state index in [9.17, 15) is 48.6 Å². The van der Waals surface area contributed by atoms with Crippen LogP contribution in [0.2, 0.25) is 0 Å². The Morgan fingerprint density at radius 1 is 0.433 bits per heavy atom. The average molecular weight is 963 g/mol. The second kappa shape index (κ2) is 44.9. The van der Waals surface area contributed by atoms with Crippen molar-refractivity contribution in [2.45, 2.75) is 148 Å². The van der Waals surface area contributed by atoms with Crippen LogP contribution in [0.15, 0.2) is 12.3 Å². The van der Waals surface area contributed by atoms with Gasteiger partial charge in [0.25, 0.3) is 0 Å². The third kappa shape index (κ3) is 43.4. The fraction of sp³-hybridized carbons (Fsp3) is 0.778. The monoisotopic (exact) mass is 963 g/mol. The SMILES string of the molecule is C=C(O)CCCCCCCCCCC.CCCCNC(=O)COCCOCCNC(=O)COCCOCCNC(=O)CCC(NC(=O)CC[C@H](NC(=O)CC[C@H](NC)C(=O)O)C(=O)O)C(=O)O. The van der Waals surface area contributed by atoms with Crippen LogP contribution < -0.4 is 31.9 Å². The Labute approximate surface area is 395 Å². The van der Waals surface area contributed by atoms with Gasteiger partial charge in [-0.15, -0.1) is 0 Å². The molecule has 0 spiro atoms. The minimum Gasteiger partial charge on any atom is -0.513 e. The molecule has 0 aromatic rings. The zero-order valence-electron chi connectivity index (χ0n) is 40.1.